The molecule has 1 aromatic rings. The lowest BCUT2D eigenvalue weighted by Gasteiger charge is -2.36. The SMILES string of the molecule is CNC(C)c1cnc(N2CCN(C(C)C)CC2)s1. The molecule has 1 atom stereocenters. The molecule has 0 aliphatic carbocycles. The molecule has 1 unspecified atom stereocenters. The summed E-state index contributed by atoms with van der Waals surface area (Å²) >= 11 is 1.82. The van der Waals surface area contributed by atoms with Gasteiger partial charge in [-0.15, -0.1) is 11.3 Å². The van der Waals surface area contributed by atoms with E-state index in [2.05, 4.69) is 40.9 Å². The number of thiazole rings is 1. The zero-order valence-electron chi connectivity index (χ0n) is 11.8. The molecule has 2 rings (SSSR count). The Bertz CT molecular complexity index is 369. The Hall–Kier alpha value is -0.650. The molecule has 1 fully saturated rings. The first kappa shape index (κ1) is 13.8. The van der Waals surface area contributed by atoms with Crippen molar-refractivity contribution in [1.29, 1.82) is 0 Å². The van der Waals surface area contributed by atoms with Crippen LogP contribution in [-0.2, 0) is 0 Å². The molecule has 1 N–H and O–H groups in total. The third-order valence-electron chi connectivity index (χ3n) is 3.69. The molecule has 0 saturated carbocycles. The first-order valence-corrected chi connectivity index (χ1v) is 7.55. The third kappa shape index (κ3) is 3.02. The number of aromatic nitrogens is 1. The molecular weight excluding hydrogens is 244 g/mol. The van der Waals surface area contributed by atoms with Crippen molar-refractivity contribution in [3.8, 4) is 0 Å². The Morgan fingerprint density at radius 2 is 1.89 bits per heavy atom. The molecule has 0 aromatic carbocycles. The van der Waals surface area contributed by atoms with Gasteiger partial charge in [0.25, 0.3) is 0 Å². The zero-order chi connectivity index (χ0) is 13.1. The predicted molar refractivity (Wildman–Crippen MR) is 78.5 cm³/mol. The largest absolute Gasteiger partial charge is 0.346 e. The standard InChI is InChI=1S/C13H24N4S/c1-10(2)16-5-7-17(8-6-16)13-15-9-12(18-13)11(3)14-4/h9-11,14H,5-8H2,1-4H3. The molecule has 0 spiro atoms. The van der Waals surface area contributed by atoms with E-state index < -0.39 is 0 Å². The Kier molecular flexibility index (Phi) is 4.59. The quantitative estimate of drug-likeness (QED) is 0.904. The van der Waals surface area contributed by atoms with E-state index in [9.17, 15) is 0 Å². The van der Waals surface area contributed by atoms with Crippen molar-refractivity contribution in [3.63, 3.8) is 0 Å². The van der Waals surface area contributed by atoms with Crippen LogP contribution >= 0.6 is 11.3 Å². The van der Waals surface area contributed by atoms with Crippen LogP contribution in [0.25, 0.3) is 0 Å². The molecule has 1 saturated heterocycles. The van der Waals surface area contributed by atoms with Crippen molar-refractivity contribution in [1.82, 2.24) is 15.2 Å². The van der Waals surface area contributed by atoms with Crippen LogP contribution in [0.5, 0.6) is 0 Å². The van der Waals surface area contributed by atoms with Gasteiger partial charge in [0.15, 0.2) is 5.13 Å². The van der Waals surface area contributed by atoms with Crippen LogP contribution in [-0.4, -0.2) is 49.2 Å². The molecule has 2 heterocycles. The summed E-state index contributed by atoms with van der Waals surface area (Å²) in [6.45, 7) is 11.2. The molecule has 102 valence electrons. The van der Waals surface area contributed by atoms with Crippen LogP contribution in [0.15, 0.2) is 6.20 Å². The van der Waals surface area contributed by atoms with Gasteiger partial charge in [-0.2, -0.15) is 0 Å². The molecule has 0 amide bonds. The minimum Gasteiger partial charge on any atom is -0.346 e. The van der Waals surface area contributed by atoms with Crippen molar-refractivity contribution in [2.45, 2.75) is 32.9 Å². The van der Waals surface area contributed by atoms with E-state index in [-0.39, 0.29) is 0 Å². The van der Waals surface area contributed by atoms with E-state index in [0.717, 1.165) is 26.2 Å². The number of nitrogens with one attached hydrogen (secondary N) is 1. The minimum absolute atomic E-state index is 0.396. The molecule has 4 nitrogen and oxygen atoms in total. The van der Waals surface area contributed by atoms with Gasteiger partial charge in [-0.3, -0.25) is 4.90 Å². The first-order chi connectivity index (χ1) is 8.61. The van der Waals surface area contributed by atoms with Crippen molar-refractivity contribution < 1.29 is 0 Å². The van der Waals surface area contributed by atoms with Crippen LogP contribution < -0.4 is 10.2 Å². The average Bonchev–Trinajstić information content (AvgIpc) is 2.87. The van der Waals surface area contributed by atoms with Crippen molar-refractivity contribution >= 4 is 16.5 Å². The van der Waals surface area contributed by atoms with Crippen molar-refractivity contribution in [2.75, 3.05) is 38.1 Å². The number of piperazine rings is 1. The summed E-state index contributed by atoms with van der Waals surface area (Å²) in [6.07, 6.45) is 2.01. The fourth-order valence-corrected chi connectivity index (χ4v) is 3.22. The van der Waals surface area contributed by atoms with Gasteiger partial charge in [0.2, 0.25) is 0 Å². The highest BCUT2D eigenvalue weighted by atomic mass is 32.1. The molecule has 5 heteroatoms. The lowest BCUT2D eigenvalue weighted by atomic mass is 10.2. The lowest BCUT2D eigenvalue weighted by molar-refractivity contribution is 0.209. The molecule has 0 bridgehead atoms. The summed E-state index contributed by atoms with van der Waals surface area (Å²) in [4.78, 5) is 10.8. The van der Waals surface area contributed by atoms with E-state index >= 15 is 0 Å². The maximum atomic E-state index is 4.56. The number of hydrogen-bond donors (Lipinski definition) is 1. The molecule has 1 aromatic heterocycles. The smallest absolute Gasteiger partial charge is 0.185 e. The molecular formula is C13H24N4S. The Balaban J connectivity index is 1.95. The zero-order valence-corrected chi connectivity index (χ0v) is 12.6. The third-order valence-corrected chi connectivity index (χ3v) is 4.93. The second-order valence-electron chi connectivity index (χ2n) is 5.17. The van der Waals surface area contributed by atoms with Gasteiger partial charge >= 0.3 is 0 Å². The predicted octanol–water partition coefficient (Wildman–Crippen LogP) is 1.95. The number of nitrogens with zero attached hydrogens (tertiary/aromatic N) is 3. The van der Waals surface area contributed by atoms with E-state index in [1.54, 1.807) is 0 Å². The van der Waals surface area contributed by atoms with Crippen LogP contribution in [0.4, 0.5) is 5.13 Å². The highest BCUT2D eigenvalue weighted by Crippen LogP contribution is 2.27. The Labute approximate surface area is 114 Å². The first-order valence-electron chi connectivity index (χ1n) is 6.73. The van der Waals surface area contributed by atoms with Gasteiger partial charge in [0, 0.05) is 49.3 Å². The second kappa shape index (κ2) is 5.99. The Morgan fingerprint density at radius 3 is 2.44 bits per heavy atom. The van der Waals surface area contributed by atoms with Gasteiger partial charge in [-0.05, 0) is 27.8 Å². The van der Waals surface area contributed by atoms with E-state index in [1.807, 2.05) is 24.6 Å². The van der Waals surface area contributed by atoms with Crippen molar-refractivity contribution in [2.24, 2.45) is 0 Å². The maximum Gasteiger partial charge on any atom is 0.185 e. The molecule has 0 radical (unpaired) electrons. The number of anilines is 1. The normalized spacial score (nSPS) is 19.5. The molecule has 1 aliphatic heterocycles. The fourth-order valence-electron chi connectivity index (χ4n) is 2.20. The minimum atomic E-state index is 0.396. The average molecular weight is 268 g/mol. The van der Waals surface area contributed by atoms with E-state index in [0.29, 0.717) is 12.1 Å². The van der Waals surface area contributed by atoms with E-state index in [1.165, 1.54) is 10.0 Å². The number of hydrogen-bond acceptors (Lipinski definition) is 5. The van der Waals surface area contributed by atoms with Crippen LogP contribution in [0, 0.1) is 0 Å². The summed E-state index contributed by atoms with van der Waals surface area (Å²) in [5.74, 6) is 0. The topological polar surface area (TPSA) is 31.4 Å². The van der Waals surface area contributed by atoms with Gasteiger partial charge in [0.05, 0.1) is 0 Å². The summed E-state index contributed by atoms with van der Waals surface area (Å²) in [7, 11) is 1.99. The van der Waals surface area contributed by atoms with Gasteiger partial charge in [-0.1, -0.05) is 0 Å². The van der Waals surface area contributed by atoms with Gasteiger partial charge in [-0.25, -0.2) is 4.98 Å². The molecule has 18 heavy (non-hydrogen) atoms. The highest BCUT2D eigenvalue weighted by molar-refractivity contribution is 7.15. The summed E-state index contributed by atoms with van der Waals surface area (Å²) < 4.78 is 0. The van der Waals surface area contributed by atoms with E-state index in [4.69, 9.17) is 0 Å². The highest BCUT2D eigenvalue weighted by Gasteiger charge is 2.21. The maximum absolute atomic E-state index is 4.56. The summed E-state index contributed by atoms with van der Waals surface area (Å²) in [6, 6.07) is 1.05. The Morgan fingerprint density at radius 1 is 1.22 bits per heavy atom. The van der Waals surface area contributed by atoms with Crippen LogP contribution in [0.3, 0.4) is 0 Å². The van der Waals surface area contributed by atoms with Crippen LogP contribution in [0.2, 0.25) is 0 Å². The van der Waals surface area contributed by atoms with Crippen LogP contribution in [0.1, 0.15) is 31.7 Å². The lowest BCUT2D eigenvalue weighted by Crippen LogP contribution is -2.48. The summed E-state index contributed by atoms with van der Waals surface area (Å²) in [5.41, 5.74) is 0. The van der Waals surface area contributed by atoms with Gasteiger partial charge < -0.3 is 10.2 Å². The monoisotopic (exact) mass is 268 g/mol. The fraction of sp³-hybridized carbons (Fsp3) is 0.769. The second-order valence-corrected chi connectivity index (χ2v) is 6.21. The molecule has 1 aliphatic rings. The summed E-state index contributed by atoms with van der Waals surface area (Å²) in [5, 5.41) is 4.44. The van der Waals surface area contributed by atoms with Crippen molar-refractivity contribution in [3.05, 3.63) is 11.1 Å². The van der Waals surface area contributed by atoms with Gasteiger partial charge in [0.1, 0.15) is 0 Å². The number of rotatable bonds is 4.